The maximum Gasteiger partial charge on any atom is 0.0542 e. The quantitative estimate of drug-likeness (QED) is 0.122. The van der Waals surface area contributed by atoms with E-state index in [0.29, 0.717) is 0 Å². The smallest absolute Gasteiger partial charge is 0.0542 e. The second-order valence-corrected chi connectivity index (χ2v) is 40.3. The molecule has 0 amide bonds. The van der Waals surface area contributed by atoms with Crippen LogP contribution in [-0.2, 0) is 10.8 Å². The average molecular weight is 1720 g/mol. The van der Waals surface area contributed by atoms with Crippen molar-refractivity contribution in [3.05, 3.63) is 447 Å². The predicted molar refractivity (Wildman–Crippen MR) is 557 cm³/mol. The summed E-state index contributed by atoms with van der Waals surface area (Å²) in [6.07, 6.45) is 14.2. The fourth-order valence-electron chi connectivity index (χ4n) is 29.0. The van der Waals surface area contributed by atoms with Crippen molar-refractivity contribution < 1.29 is 0 Å². The standard InChI is InChI=1S/2C64H49N3/c1-6-16-58-52(11-1)57-40-44(23-34-59(57)64(58)45-36-41-35-42(38-45)39-46(64)37-41)43-21-24-47(25-22-43)65(48-26-30-50(31-27-48)66-60-17-7-2-12-53(60)54-13-3-8-18-61(54)66)49-28-32-51(33-29-49)67-62-19-9-4-14-55(62)56-15-5-10-20-63(56)67;1-2-12-47(13-3-1)66-62-21-11-7-17-55(62)57-40-51(31-33-63(57)66)65(49-27-29-50(30-28-49)67-60-19-9-5-15-53(60)54-16-6-10-20-61(54)67)48-25-22-43(23-26-48)44-24-32-59-56(39-44)52-14-4-8-18-58(52)64(59)45-35-41-34-42(37-45)38-46(64)36-41/h1-34,40-42,45-46H,35-39H2;1-33,39-42,45-46H,34-38H2. The first-order chi connectivity index (χ1) is 66.4. The van der Waals surface area contributed by atoms with Crippen LogP contribution in [-0.4, -0.2) is 18.3 Å². The van der Waals surface area contributed by atoms with Crippen molar-refractivity contribution >= 4 is 121 Å². The normalized spacial score (nSPS) is 21.2. The second kappa shape index (κ2) is 29.6. The summed E-state index contributed by atoms with van der Waals surface area (Å²) in [5.74, 6) is 6.85. The highest BCUT2D eigenvalue weighted by atomic mass is 15.2. The van der Waals surface area contributed by atoms with Gasteiger partial charge in [0.1, 0.15) is 0 Å². The third-order valence-corrected chi connectivity index (χ3v) is 33.8. The second-order valence-electron chi connectivity index (χ2n) is 40.3. The lowest BCUT2D eigenvalue weighted by atomic mass is 9.43. The Bertz CT molecular complexity index is 8140. The van der Waals surface area contributed by atoms with Crippen LogP contribution in [0.2, 0.25) is 0 Å². The Morgan fingerprint density at radius 1 is 0.172 bits per heavy atom. The van der Waals surface area contributed by atoms with Gasteiger partial charge in [-0.05, 0) is 360 Å². The minimum Gasteiger partial charge on any atom is -0.311 e. The van der Waals surface area contributed by atoms with E-state index in [9.17, 15) is 0 Å². The minimum absolute atomic E-state index is 0.188. The molecule has 4 heterocycles. The molecule has 8 saturated carbocycles. The van der Waals surface area contributed by atoms with Gasteiger partial charge in [-0.2, -0.15) is 0 Å². The molecule has 10 aliphatic carbocycles. The molecule has 0 atom stereocenters. The zero-order valence-electron chi connectivity index (χ0n) is 74.8. The van der Waals surface area contributed by atoms with Crippen molar-refractivity contribution in [2.45, 2.75) is 75.0 Å². The molecule has 6 nitrogen and oxygen atoms in total. The third-order valence-electron chi connectivity index (χ3n) is 33.8. The van der Waals surface area contributed by atoms with Gasteiger partial charge in [0.2, 0.25) is 0 Å². The van der Waals surface area contributed by atoms with Gasteiger partial charge >= 0.3 is 0 Å². The van der Waals surface area contributed by atoms with E-state index in [1.54, 1.807) is 22.3 Å². The molecule has 10 aliphatic rings. The van der Waals surface area contributed by atoms with Crippen LogP contribution in [0.15, 0.2) is 425 Å². The molecule has 0 radical (unpaired) electrons. The summed E-state index contributed by atoms with van der Waals surface area (Å²) >= 11 is 0. The van der Waals surface area contributed by atoms with Crippen molar-refractivity contribution in [3.8, 4) is 67.3 Å². The van der Waals surface area contributed by atoms with E-state index in [1.165, 1.54) is 196 Å². The molecule has 32 rings (SSSR count). The number of para-hydroxylation sites is 8. The molecule has 8 bridgehead atoms. The average Bonchev–Trinajstić information content (AvgIpc) is 1.51. The Hall–Kier alpha value is -15.2. The van der Waals surface area contributed by atoms with Gasteiger partial charge in [0.15, 0.2) is 0 Å². The summed E-state index contributed by atoms with van der Waals surface area (Å²) < 4.78 is 9.59. The fourth-order valence-corrected chi connectivity index (χ4v) is 29.0. The molecule has 0 saturated heterocycles. The number of fused-ring (bicyclic) bond motifs is 18. The van der Waals surface area contributed by atoms with Crippen LogP contribution in [0.25, 0.3) is 154 Å². The highest BCUT2D eigenvalue weighted by molar-refractivity contribution is 6.13. The Labute approximate surface area is 780 Å². The summed E-state index contributed by atoms with van der Waals surface area (Å²) in [5, 5.41) is 10.1. The monoisotopic (exact) mass is 1720 g/mol. The van der Waals surface area contributed by atoms with Crippen molar-refractivity contribution in [1.29, 1.82) is 0 Å². The van der Waals surface area contributed by atoms with Crippen molar-refractivity contribution in [2.75, 3.05) is 9.80 Å². The number of rotatable bonds is 12. The van der Waals surface area contributed by atoms with Crippen LogP contribution in [0.5, 0.6) is 0 Å². The number of hydrogen-bond acceptors (Lipinski definition) is 2. The highest BCUT2D eigenvalue weighted by Crippen LogP contribution is 2.72. The molecule has 0 N–H and O–H groups in total. The largest absolute Gasteiger partial charge is 0.311 e. The summed E-state index contributed by atoms with van der Waals surface area (Å²) in [5.41, 5.74) is 38.8. The highest BCUT2D eigenvalue weighted by Gasteiger charge is 2.63. The maximum absolute atomic E-state index is 2.55. The molecule has 0 unspecified atom stereocenters. The summed E-state index contributed by atoms with van der Waals surface area (Å²) in [6.45, 7) is 0. The Morgan fingerprint density at radius 3 is 0.739 bits per heavy atom. The Morgan fingerprint density at radius 2 is 0.410 bits per heavy atom. The zero-order valence-corrected chi connectivity index (χ0v) is 74.8. The van der Waals surface area contributed by atoms with Crippen LogP contribution < -0.4 is 9.80 Å². The summed E-state index contributed by atoms with van der Waals surface area (Å²) in [7, 11) is 0. The predicted octanol–water partition coefficient (Wildman–Crippen LogP) is 33.5. The summed E-state index contributed by atoms with van der Waals surface area (Å²) in [6, 6.07) is 159. The van der Waals surface area contributed by atoms with E-state index in [4.69, 9.17) is 0 Å². The number of aromatic nitrogens is 4. The van der Waals surface area contributed by atoms with E-state index in [1.807, 2.05) is 0 Å². The first-order valence-electron chi connectivity index (χ1n) is 49.0. The van der Waals surface area contributed by atoms with Crippen LogP contribution in [0.3, 0.4) is 0 Å². The SMILES string of the molecule is c1ccc(-n2c3ccccc3c3cc(N(c4ccc(-c5ccc6c(c5)-c5ccccc5C65C6CC7CC(C6)CC5C7)cc4)c4ccc(-n5c6ccccc6c6ccccc65)cc4)ccc32)cc1.c1ccc2c(c1)-c1cc(-c3ccc(N(c4ccc(-n5c6ccccc6c6ccccc65)cc4)c4ccc(-n5c6ccccc6c6ccccc65)cc4)cc3)ccc1C21C2CC3CC(C2)CC1C3. The van der Waals surface area contributed by atoms with Gasteiger partial charge in [0, 0.05) is 111 Å². The molecule has 134 heavy (non-hydrogen) atoms. The third kappa shape index (κ3) is 11.3. The summed E-state index contributed by atoms with van der Waals surface area (Å²) in [4.78, 5) is 4.84. The molecule has 22 aromatic rings. The lowest BCUT2D eigenvalue weighted by Gasteiger charge is -2.61. The number of hydrogen-bond donors (Lipinski definition) is 0. The molecule has 6 heteroatoms. The van der Waals surface area contributed by atoms with E-state index in [0.717, 1.165) is 104 Å². The molecular weight excluding hydrogens is 1620 g/mol. The van der Waals surface area contributed by atoms with E-state index in [2.05, 4.69) is 453 Å². The molecule has 640 valence electrons. The molecule has 18 aromatic carbocycles. The van der Waals surface area contributed by atoms with Crippen molar-refractivity contribution in [2.24, 2.45) is 47.3 Å². The lowest BCUT2D eigenvalue weighted by molar-refractivity contribution is -0.0399. The number of anilines is 6. The molecule has 4 aromatic heterocycles. The zero-order chi connectivity index (χ0) is 87.6. The van der Waals surface area contributed by atoms with Crippen LogP contribution in [0.1, 0.15) is 86.5 Å². The molecular formula is C128H98N6. The molecule has 0 aliphatic heterocycles. The van der Waals surface area contributed by atoms with Gasteiger partial charge in [-0.1, -0.05) is 243 Å². The fraction of sp³-hybridized carbons (Fsp3) is 0.156. The molecule has 2 spiro atoms. The van der Waals surface area contributed by atoms with Gasteiger partial charge in [0.05, 0.1) is 44.1 Å². The Balaban J connectivity index is 0.000000131. The van der Waals surface area contributed by atoms with Crippen molar-refractivity contribution in [1.82, 2.24) is 18.3 Å². The van der Waals surface area contributed by atoms with Gasteiger partial charge in [0.25, 0.3) is 0 Å². The lowest BCUT2D eigenvalue weighted by Crippen LogP contribution is -2.55. The van der Waals surface area contributed by atoms with Gasteiger partial charge < -0.3 is 28.1 Å². The van der Waals surface area contributed by atoms with Crippen LogP contribution in [0, 0.1) is 47.3 Å². The maximum atomic E-state index is 2.55. The molecule has 8 fully saturated rings. The minimum atomic E-state index is 0.188. The van der Waals surface area contributed by atoms with E-state index in [-0.39, 0.29) is 10.8 Å². The van der Waals surface area contributed by atoms with E-state index < -0.39 is 0 Å². The van der Waals surface area contributed by atoms with Gasteiger partial charge in [-0.3, -0.25) is 0 Å². The first kappa shape index (κ1) is 76.5. The van der Waals surface area contributed by atoms with E-state index >= 15 is 0 Å². The number of nitrogens with zero attached hydrogens (tertiary/aromatic N) is 6. The first-order valence-corrected chi connectivity index (χ1v) is 49.0. The topological polar surface area (TPSA) is 26.2 Å². The van der Waals surface area contributed by atoms with Crippen molar-refractivity contribution in [3.63, 3.8) is 0 Å². The van der Waals surface area contributed by atoms with Crippen LogP contribution in [0.4, 0.5) is 34.1 Å². The Kier molecular flexibility index (Phi) is 16.9. The van der Waals surface area contributed by atoms with Gasteiger partial charge in [-0.15, -0.1) is 0 Å². The number of benzene rings is 18. The van der Waals surface area contributed by atoms with Gasteiger partial charge in [-0.25, -0.2) is 0 Å². The van der Waals surface area contributed by atoms with Crippen LogP contribution >= 0.6 is 0 Å².